The molecule has 8 nitrogen and oxygen atoms in total. The van der Waals surface area contributed by atoms with Crippen LogP contribution in [0.25, 0.3) is 11.0 Å². The van der Waals surface area contributed by atoms with E-state index in [0.29, 0.717) is 31.1 Å². The number of anilines is 1. The maximum Gasteiger partial charge on any atom is 0.256 e. The van der Waals surface area contributed by atoms with Gasteiger partial charge < -0.3 is 14.7 Å². The van der Waals surface area contributed by atoms with Crippen molar-refractivity contribution in [3.8, 4) is 0 Å². The van der Waals surface area contributed by atoms with Crippen LogP contribution in [0.2, 0.25) is 0 Å². The molecule has 1 aliphatic heterocycles. The van der Waals surface area contributed by atoms with E-state index in [0.717, 1.165) is 46.3 Å². The van der Waals surface area contributed by atoms with Crippen molar-refractivity contribution >= 4 is 28.5 Å². The normalized spacial score (nSPS) is 13.3. The molecule has 0 spiro atoms. The van der Waals surface area contributed by atoms with E-state index < -0.39 is 0 Å². The molecule has 3 aromatic rings. The molecule has 0 saturated carbocycles. The molecular weight excluding hydrogens is 473 g/mol. The van der Waals surface area contributed by atoms with E-state index in [4.69, 9.17) is 4.52 Å². The molecule has 1 aromatic heterocycles. The third-order valence-corrected chi connectivity index (χ3v) is 6.91. The predicted molar refractivity (Wildman–Crippen MR) is 141 cm³/mol. The van der Waals surface area contributed by atoms with Crippen molar-refractivity contribution in [1.82, 2.24) is 20.5 Å². The van der Waals surface area contributed by atoms with Gasteiger partial charge in [-0.25, -0.2) is 9.40 Å². The summed E-state index contributed by atoms with van der Waals surface area (Å²) >= 11 is 0. The third kappa shape index (κ3) is 6.28. The first-order chi connectivity index (χ1) is 17.6. The molecule has 4 rings (SSSR count). The highest BCUT2D eigenvalue weighted by Crippen LogP contribution is 2.29. The Labute approximate surface area is 217 Å². The summed E-state index contributed by atoms with van der Waals surface area (Å²) in [6.45, 7) is 9.75. The number of aromatic nitrogens is 1. The van der Waals surface area contributed by atoms with Gasteiger partial charge >= 0.3 is 0 Å². The molecule has 2 aromatic carbocycles. The number of carbonyl (C=O) groups excluding carboxylic acids is 2. The lowest BCUT2D eigenvalue weighted by molar-refractivity contribution is -0.145. The first kappa shape index (κ1) is 26.6. The van der Waals surface area contributed by atoms with Gasteiger partial charge in [0.2, 0.25) is 5.91 Å². The zero-order valence-electron chi connectivity index (χ0n) is 22.3. The maximum absolute atomic E-state index is 13.7. The number of likely N-dealkylation sites (N-methyl/N-ethyl adjacent to an activating group) is 1. The molecule has 37 heavy (non-hydrogen) atoms. The minimum Gasteiger partial charge on any atom is -0.356 e. The van der Waals surface area contributed by atoms with Crippen LogP contribution in [0.1, 0.15) is 49.1 Å². The lowest BCUT2D eigenvalue weighted by Crippen LogP contribution is -2.48. The fourth-order valence-corrected chi connectivity index (χ4v) is 4.72. The standard InChI is InChI=1S/C28H36FN5O3/c1-18(2)7-6-10-30-27(35)16-33(25-13-26-24(11-19(25)3)20(4)31-37-26)17-28(36)32(5)34-14-21-8-9-23(29)12-22(21)15-34/h8-9,11-13,18H,6-7,10,14-17H2,1-5H3,(H,30,35). The van der Waals surface area contributed by atoms with E-state index in [1.165, 1.54) is 12.1 Å². The van der Waals surface area contributed by atoms with Gasteiger partial charge in [-0.15, -0.1) is 0 Å². The SMILES string of the molecule is Cc1cc2c(C)noc2cc1N(CC(=O)NCCCC(C)C)CC(=O)N(C)N1Cc2ccc(F)cc2C1. The molecule has 2 amide bonds. The number of aryl methyl sites for hydroxylation is 2. The zero-order chi connectivity index (χ0) is 26.7. The minimum absolute atomic E-state index is 0.00339. The summed E-state index contributed by atoms with van der Waals surface area (Å²) < 4.78 is 19.1. The largest absolute Gasteiger partial charge is 0.356 e. The van der Waals surface area contributed by atoms with E-state index in [9.17, 15) is 14.0 Å². The minimum atomic E-state index is -0.284. The molecule has 9 heteroatoms. The van der Waals surface area contributed by atoms with Crippen LogP contribution in [-0.4, -0.2) is 53.7 Å². The number of carbonyl (C=O) groups is 2. The number of rotatable bonds is 10. The maximum atomic E-state index is 13.7. The van der Waals surface area contributed by atoms with Crippen molar-refractivity contribution in [3.05, 3.63) is 58.5 Å². The van der Waals surface area contributed by atoms with Crippen LogP contribution in [0.4, 0.5) is 10.1 Å². The van der Waals surface area contributed by atoms with Gasteiger partial charge in [-0.3, -0.25) is 14.6 Å². The van der Waals surface area contributed by atoms with Gasteiger partial charge in [-0.05, 0) is 67.5 Å². The van der Waals surface area contributed by atoms with Crippen molar-refractivity contribution in [2.24, 2.45) is 5.92 Å². The van der Waals surface area contributed by atoms with Crippen molar-refractivity contribution in [2.45, 2.75) is 53.6 Å². The molecular formula is C28H36FN5O3. The van der Waals surface area contributed by atoms with Crippen molar-refractivity contribution < 1.29 is 18.5 Å². The number of hydrogen-bond donors (Lipinski definition) is 1. The molecule has 1 aliphatic rings. The van der Waals surface area contributed by atoms with Gasteiger partial charge in [0.15, 0.2) is 5.58 Å². The number of nitrogens with one attached hydrogen (secondary N) is 1. The number of fused-ring (bicyclic) bond motifs is 2. The van der Waals surface area contributed by atoms with E-state index >= 15 is 0 Å². The summed E-state index contributed by atoms with van der Waals surface area (Å²) in [5.41, 5.74) is 4.94. The fraction of sp³-hybridized carbons (Fsp3) is 0.464. The van der Waals surface area contributed by atoms with Gasteiger partial charge in [0.05, 0.1) is 18.8 Å². The van der Waals surface area contributed by atoms with E-state index in [1.54, 1.807) is 23.0 Å². The van der Waals surface area contributed by atoms with Gasteiger partial charge in [0.1, 0.15) is 5.82 Å². The average Bonchev–Trinajstić information content (AvgIpc) is 3.43. The van der Waals surface area contributed by atoms with E-state index in [-0.39, 0.29) is 30.7 Å². The van der Waals surface area contributed by atoms with Crippen molar-refractivity contribution in [2.75, 3.05) is 31.6 Å². The van der Waals surface area contributed by atoms with Crippen LogP contribution < -0.4 is 10.2 Å². The Morgan fingerprint density at radius 2 is 1.89 bits per heavy atom. The lowest BCUT2D eigenvalue weighted by atomic mass is 10.1. The molecule has 0 aliphatic carbocycles. The number of hydrogen-bond acceptors (Lipinski definition) is 6. The summed E-state index contributed by atoms with van der Waals surface area (Å²) in [5.74, 6) is -0.0196. The Hall–Kier alpha value is -3.46. The third-order valence-electron chi connectivity index (χ3n) is 6.91. The second kappa shape index (κ2) is 11.3. The highest BCUT2D eigenvalue weighted by Gasteiger charge is 2.27. The molecule has 198 valence electrons. The summed E-state index contributed by atoms with van der Waals surface area (Å²) in [4.78, 5) is 28.1. The van der Waals surface area contributed by atoms with Crippen molar-refractivity contribution in [1.29, 1.82) is 0 Å². The lowest BCUT2D eigenvalue weighted by Gasteiger charge is -2.31. The van der Waals surface area contributed by atoms with Crippen LogP contribution in [0.5, 0.6) is 0 Å². The monoisotopic (exact) mass is 509 g/mol. The van der Waals surface area contributed by atoms with Crippen LogP contribution in [0.3, 0.4) is 0 Å². The molecule has 0 saturated heterocycles. The Kier molecular flexibility index (Phi) is 8.12. The highest BCUT2D eigenvalue weighted by atomic mass is 19.1. The first-order valence-electron chi connectivity index (χ1n) is 12.8. The Morgan fingerprint density at radius 3 is 2.65 bits per heavy atom. The van der Waals surface area contributed by atoms with Crippen LogP contribution in [0.15, 0.2) is 34.9 Å². The number of benzene rings is 2. The quantitative estimate of drug-likeness (QED) is 0.410. The second-order valence-electron chi connectivity index (χ2n) is 10.3. The van der Waals surface area contributed by atoms with Crippen LogP contribution in [0, 0.1) is 25.6 Å². The summed E-state index contributed by atoms with van der Waals surface area (Å²) in [7, 11) is 1.71. The number of hydrazine groups is 1. The highest BCUT2D eigenvalue weighted by molar-refractivity contribution is 5.90. The van der Waals surface area contributed by atoms with Gasteiger partial charge in [-0.1, -0.05) is 25.1 Å². The molecule has 0 unspecified atom stereocenters. The summed E-state index contributed by atoms with van der Waals surface area (Å²) in [6.07, 6.45) is 1.94. The fourth-order valence-electron chi connectivity index (χ4n) is 4.72. The Balaban J connectivity index is 1.50. The molecule has 0 bridgehead atoms. The summed E-state index contributed by atoms with van der Waals surface area (Å²) in [5, 5.41) is 11.4. The molecule has 2 heterocycles. The zero-order valence-corrected chi connectivity index (χ0v) is 22.3. The van der Waals surface area contributed by atoms with Crippen LogP contribution >= 0.6 is 0 Å². The topological polar surface area (TPSA) is 81.9 Å². The smallest absolute Gasteiger partial charge is 0.256 e. The number of amides is 2. The molecule has 0 radical (unpaired) electrons. The van der Waals surface area contributed by atoms with Gasteiger partial charge in [0.25, 0.3) is 5.91 Å². The number of nitrogens with zero attached hydrogens (tertiary/aromatic N) is 4. The van der Waals surface area contributed by atoms with Crippen LogP contribution in [-0.2, 0) is 22.7 Å². The first-order valence-corrected chi connectivity index (χ1v) is 12.8. The average molecular weight is 510 g/mol. The Morgan fingerprint density at radius 1 is 1.14 bits per heavy atom. The molecule has 1 N–H and O–H groups in total. The Bertz CT molecular complexity index is 1290. The van der Waals surface area contributed by atoms with E-state index in [2.05, 4.69) is 24.3 Å². The number of halogens is 1. The second-order valence-corrected chi connectivity index (χ2v) is 10.3. The molecule has 0 fully saturated rings. The van der Waals surface area contributed by atoms with Gasteiger partial charge in [-0.2, -0.15) is 0 Å². The van der Waals surface area contributed by atoms with Crippen molar-refractivity contribution in [3.63, 3.8) is 0 Å². The molecule has 0 atom stereocenters. The predicted octanol–water partition coefficient (Wildman–Crippen LogP) is 4.33. The van der Waals surface area contributed by atoms with Gasteiger partial charge in [0, 0.05) is 43.8 Å². The van der Waals surface area contributed by atoms with E-state index in [1.807, 2.05) is 31.0 Å². The summed E-state index contributed by atoms with van der Waals surface area (Å²) in [6, 6.07) is 8.54.